The SMILES string of the molecule is C=CCN(CCO)C(=O)C1CC1(C)C. The predicted octanol–water partition coefficient (Wildman–Crippen LogP) is 1.04. The van der Waals surface area contributed by atoms with Crippen LogP contribution in [0.4, 0.5) is 0 Å². The maximum Gasteiger partial charge on any atom is 0.226 e. The van der Waals surface area contributed by atoms with Gasteiger partial charge in [0.2, 0.25) is 5.91 Å². The van der Waals surface area contributed by atoms with Crippen molar-refractivity contribution < 1.29 is 9.90 Å². The van der Waals surface area contributed by atoms with Gasteiger partial charge in [-0.25, -0.2) is 0 Å². The molecule has 1 saturated carbocycles. The van der Waals surface area contributed by atoms with Gasteiger partial charge in [0.25, 0.3) is 0 Å². The summed E-state index contributed by atoms with van der Waals surface area (Å²) in [4.78, 5) is 13.5. The van der Waals surface area contributed by atoms with Crippen LogP contribution in [-0.2, 0) is 4.79 Å². The highest BCUT2D eigenvalue weighted by Crippen LogP contribution is 2.52. The molecule has 1 fully saturated rings. The molecule has 0 aromatic heterocycles. The zero-order valence-corrected chi connectivity index (χ0v) is 8.99. The van der Waals surface area contributed by atoms with E-state index in [4.69, 9.17) is 5.11 Å². The number of nitrogens with zero attached hydrogens (tertiary/aromatic N) is 1. The van der Waals surface area contributed by atoms with Gasteiger partial charge in [-0.2, -0.15) is 0 Å². The van der Waals surface area contributed by atoms with E-state index >= 15 is 0 Å². The summed E-state index contributed by atoms with van der Waals surface area (Å²) in [5, 5.41) is 8.82. The number of carbonyl (C=O) groups is 1. The summed E-state index contributed by atoms with van der Waals surface area (Å²) in [6, 6.07) is 0. The van der Waals surface area contributed by atoms with Crippen molar-refractivity contribution in [2.45, 2.75) is 20.3 Å². The van der Waals surface area contributed by atoms with Crippen molar-refractivity contribution in [1.29, 1.82) is 0 Å². The van der Waals surface area contributed by atoms with E-state index in [1.54, 1.807) is 11.0 Å². The van der Waals surface area contributed by atoms with Crippen molar-refractivity contribution in [3.05, 3.63) is 12.7 Å². The van der Waals surface area contributed by atoms with E-state index in [2.05, 4.69) is 20.4 Å². The Kier molecular flexibility index (Phi) is 3.32. The van der Waals surface area contributed by atoms with Crippen molar-refractivity contribution >= 4 is 5.91 Å². The van der Waals surface area contributed by atoms with Crippen molar-refractivity contribution in [1.82, 2.24) is 4.90 Å². The van der Waals surface area contributed by atoms with Gasteiger partial charge in [0, 0.05) is 19.0 Å². The molecule has 1 N–H and O–H groups in total. The van der Waals surface area contributed by atoms with Crippen LogP contribution in [0.3, 0.4) is 0 Å². The first-order valence-corrected chi connectivity index (χ1v) is 5.03. The van der Waals surface area contributed by atoms with Crippen molar-refractivity contribution in [2.24, 2.45) is 11.3 Å². The highest BCUT2D eigenvalue weighted by molar-refractivity contribution is 5.82. The molecule has 0 aliphatic heterocycles. The molecule has 1 rings (SSSR count). The smallest absolute Gasteiger partial charge is 0.226 e. The number of hydrogen-bond donors (Lipinski definition) is 1. The van der Waals surface area contributed by atoms with Crippen molar-refractivity contribution in [3.8, 4) is 0 Å². The Hall–Kier alpha value is -0.830. The minimum Gasteiger partial charge on any atom is -0.395 e. The van der Waals surface area contributed by atoms with Crippen molar-refractivity contribution in [2.75, 3.05) is 19.7 Å². The Morgan fingerprint density at radius 3 is 2.64 bits per heavy atom. The molecular weight excluding hydrogens is 178 g/mol. The van der Waals surface area contributed by atoms with Crippen LogP contribution in [0.5, 0.6) is 0 Å². The van der Waals surface area contributed by atoms with Gasteiger partial charge in [-0.05, 0) is 11.8 Å². The number of rotatable bonds is 5. The molecule has 0 aromatic carbocycles. The summed E-state index contributed by atoms with van der Waals surface area (Å²) in [6.45, 7) is 8.77. The highest BCUT2D eigenvalue weighted by Gasteiger charge is 2.51. The second-order valence-corrected chi connectivity index (χ2v) is 4.54. The Morgan fingerprint density at radius 1 is 1.71 bits per heavy atom. The molecule has 0 spiro atoms. The number of carbonyl (C=O) groups excluding carboxylic acids is 1. The van der Waals surface area contributed by atoms with Gasteiger partial charge < -0.3 is 10.0 Å². The minimum atomic E-state index is 0.0206. The molecule has 1 unspecified atom stereocenters. The van der Waals surface area contributed by atoms with E-state index in [-0.39, 0.29) is 23.8 Å². The largest absolute Gasteiger partial charge is 0.395 e. The Balaban J connectivity index is 2.51. The van der Waals surface area contributed by atoms with Crippen LogP contribution in [0.25, 0.3) is 0 Å². The maximum atomic E-state index is 11.9. The normalized spacial score (nSPS) is 22.9. The minimum absolute atomic E-state index is 0.0206. The summed E-state index contributed by atoms with van der Waals surface area (Å²) in [5.41, 5.74) is 0.159. The van der Waals surface area contributed by atoms with E-state index in [9.17, 15) is 4.79 Å². The molecule has 14 heavy (non-hydrogen) atoms. The van der Waals surface area contributed by atoms with Crippen LogP contribution < -0.4 is 0 Å². The fourth-order valence-electron chi connectivity index (χ4n) is 1.68. The molecule has 0 radical (unpaired) electrons. The Labute approximate surface area is 85.4 Å². The summed E-state index contributed by atoms with van der Waals surface area (Å²) < 4.78 is 0. The molecule has 0 saturated heterocycles. The standard InChI is InChI=1S/C11H19NO2/c1-4-5-12(6-7-13)10(14)9-8-11(9,2)3/h4,9,13H,1,5-8H2,2-3H3. The molecule has 1 amide bonds. The molecule has 1 aliphatic rings. The average Bonchev–Trinajstić information content (AvgIpc) is 2.74. The fraction of sp³-hybridized carbons (Fsp3) is 0.727. The third-order valence-electron chi connectivity index (χ3n) is 2.84. The summed E-state index contributed by atoms with van der Waals surface area (Å²) in [7, 11) is 0. The second kappa shape index (κ2) is 4.13. The maximum absolute atomic E-state index is 11.9. The Bertz CT molecular complexity index is 235. The molecule has 1 atom stereocenters. The molecule has 0 bridgehead atoms. The molecule has 80 valence electrons. The van der Waals surface area contributed by atoms with Crippen LogP contribution in [-0.4, -0.2) is 35.6 Å². The molecular formula is C11H19NO2. The first kappa shape index (κ1) is 11.2. The molecule has 3 nitrogen and oxygen atoms in total. The summed E-state index contributed by atoms with van der Waals surface area (Å²) >= 11 is 0. The van der Waals surface area contributed by atoms with Crippen LogP contribution >= 0.6 is 0 Å². The third kappa shape index (κ3) is 2.35. The third-order valence-corrected chi connectivity index (χ3v) is 2.84. The van der Waals surface area contributed by atoms with Crippen LogP contribution in [0.2, 0.25) is 0 Å². The summed E-state index contributed by atoms with van der Waals surface area (Å²) in [5.74, 6) is 0.304. The average molecular weight is 197 g/mol. The van der Waals surface area contributed by atoms with Crippen LogP contribution in [0.1, 0.15) is 20.3 Å². The van der Waals surface area contributed by atoms with Gasteiger partial charge in [0.15, 0.2) is 0 Å². The molecule has 0 heterocycles. The lowest BCUT2D eigenvalue weighted by molar-refractivity contribution is -0.133. The zero-order valence-electron chi connectivity index (χ0n) is 8.99. The molecule has 3 heteroatoms. The van der Waals surface area contributed by atoms with E-state index < -0.39 is 0 Å². The predicted molar refractivity (Wildman–Crippen MR) is 55.8 cm³/mol. The van der Waals surface area contributed by atoms with Gasteiger partial charge >= 0.3 is 0 Å². The number of amides is 1. The Morgan fingerprint density at radius 2 is 2.29 bits per heavy atom. The number of hydrogen-bond acceptors (Lipinski definition) is 2. The van der Waals surface area contributed by atoms with E-state index in [1.807, 2.05) is 0 Å². The quantitative estimate of drug-likeness (QED) is 0.669. The second-order valence-electron chi connectivity index (χ2n) is 4.54. The van der Waals surface area contributed by atoms with Crippen molar-refractivity contribution in [3.63, 3.8) is 0 Å². The molecule has 0 aromatic rings. The van der Waals surface area contributed by atoms with Gasteiger partial charge in [0.1, 0.15) is 0 Å². The number of aliphatic hydroxyl groups excluding tert-OH is 1. The fourth-order valence-corrected chi connectivity index (χ4v) is 1.68. The summed E-state index contributed by atoms with van der Waals surface area (Å²) in [6.07, 6.45) is 2.66. The van der Waals surface area contributed by atoms with Gasteiger partial charge in [-0.3, -0.25) is 4.79 Å². The topological polar surface area (TPSA) is 40.5 Å². The highest BCUT2D eigenvalue weighted by atomic mass is 16.3. The van der Waals surface area contributed by atoms with Gasteiger partial charge in [0.05, 0.1) is 6.61 Å². The van der Waals surface area contributed by atoms with Gasteiger partial charge in [-0.15, -0.1) is 6.58 Å². The lowest BCUT2D eigenvalue weighted by Gasteiger charge is -2.20. The van der Waals surface area contributed by atoms with Gasteiger partial charge in [-0.1, -0.05) is 19.9 Å². The van der Waals surface area contributed by atoms with E-state index in [0.717, 1.165) is 6.42 Å². The lowest BCUT2D eigenvalue weighted by Crippen LogP contribution is -2.35. The first-order valence-electron chi connectivity index (χ1n) is 5.03. The van der Waals surface area contributed by atoms with Crippen LogP contribution in [0.15, 0.2) is 12.7 Å². The van der Waals surface area contributed by atoms with Crippen LogP contribution in [0, 0.1) is 11.3 Å². The molecule has 1 aliphatic carbocycles. The monoisotopic (exact) mass is 197 g/mol. The van der Waals surface area contributed by atoms with E-state index in [0.29, 0.717) is 13.1 Å². The number of aliphatic hydroxyl groups is 1. The lowest BCUT2D eigenvalue weighted by atomic mass is 10.1. The first-order chi connectivity index (χ1) is 6.53. The van der Waals surface area contributed by atoms with E-state index in [1.165, 1.54) is 0 Å². The zero-order chi connectivity index (χ0) is 10.8.